The van der Waals surface area contributed by atoms with Crippen LogP contribution in [0.4, 0.5) is 0 Å². The molecule has 0 rings (SSSR count). The molecule has 0 aromatic rings. The summed E-state index contributed by atoms with van der Waals surface area (Å²) in [4.78, 5) is 21.9. The van der Waals surface area contributed by atoms with Crippen molar-refractivity contribution < 1.29 is 29.4 Å². The Kier molecular flexibility index (Phi) is 2.55. The van der Waals surface area contributed by atoms with Gasteiger partial charge in [0.15, 0.2) is 6.08 Å². The normalized spacial score (nSPS) is 20.8. The molecule has 5 nitrogen and oxygen atoms in total. The zero-order valence-electron chi connectivity index (χ0n) is 12.5. The van der Waals surface area contributed by atoms with E-state index in [1.165, 1.54) is 0 Å². The highest BCUT2D eigenvalue weighted by Gasteiger charge is 2.23. The zero-order chi connectivity index (χ0) is 14.8. The van der Waals surface area contributed by atoms with Gasteiger partial charge in [-0.25, -0.2) is 0 Å². The molecule has 0 aliphatic heterocycles. The topological polar surface area (TPSA) is 63.6 Å². The van der Waals surface area contributed by atoms with Gasteiger partial charge in [0.25, 0.3) is 0 Å². The number of aliphatic carboxylic acids is 1. The highest BCUT2D eigenvalue weighted by Crippen LogP contribution is 2.04. The van der Waals surface area contributed by atoms with Crippen molar-refractivity contribution >= 4 is 11.9 Å². The van der Waals surface area contributed by atoms with Gasteiger partial charge < -0.3 is 14.3 Å². The number of carboxylic acid groups (broad SMARTS) is 1. The number of carbonyl (C=O) groups is 2. The van der Waals surface area contributed by atoms with Gasteiger partial charge in [-0.1, -0.05) is 0 Å². The molecule has 1 atom stereocenters. The van der Waals surface area contributed by atoms with Crippen molar-refractivity contribution in [3.05, 3.63) is 0 Å². The maximum atomic E-state index is 11.2. The zero-order valence-corrected chi connectivity index (χ0v) is 8.53. The summed E-state index contributed by atoms with van der Waals surface area (Å²) >= 11 is 0. The van der Waals surface area contributed by atoms with E-state index in [4.69, 9.17) is 10.6 Å². The summed E-state index contributed by atoms with van der Waals surface area (Å²) in [5.74, 6) is -2.90. The maximum absolute atomic E-state index is 11.2. The molecule has 0 aromatic carbocycles. The fraction of sp³-hybridized carbons (Fsp3) is 0.778. The van der Waals surface area contributed by atoms with Gasteiger partial charge in [-0.05, 0) is 0 Å². The lowest BCUT2D eigenvalue weighted by Crippen LogP contribution is -2.43. The Morgan fingerprint density at radius 1 is 1.57 bits per heavy atom. The predicted octanol–water partition coefficient (Wildman–Crippen LogP) is 0.0990. The Labute approximate surface area is 89.5 Å². The second-order valence-corrected chi connectivity index (χ2v) is 3.95. The molecule has 0 aromatic heterocycles. The first-order valence-corrected chi connectivity index (χ1v) is 4.01. The fourth-order valence-electron chi connectivity index (χ4n) is 0.953. The van der Waals surface area contributed by atoms with Gasteiger partial charge in [0, 0.05) is 11.0 Å². The summed E-state index contributed by atoms with van der Waals surface area (Å²) in [5.41, 5.74) is 0. The van der Waals surface area contributed by atoms with E-state index in [2.05, 4.69) is 4.74 Å². The lowest BCUT2D eigenvalue weighted by atomic mass is 10.2. The fourth-order valence-corrected chi connectivity index (χ4v) is 0.953. The van der Waals surface area contributed by atoms with Crippen molar-refractivity contribution in [2.24, 2.45) is 0 Å². The molecule has 0 spiro atoms. The van der Waals surface area contributed by atoms with E-state index in [0.717, 1.165) is 0 Å². The Hall–Kier alpha value is -1.10. The molecular weight excluding hydrogens is 186 g/mol. The average molecular weight is 208 g/mol. The van der Waals surface area contributed by atoms with Crippen molar-refractivity contribution in [2.75, 3.05) is 27.7 Å². The molecule has 1 N–H and O–H groups in total. The van der Waals surface area contributed by atoms with Gasteiger partial charge in [-0.15, -0.1) is 0 Å². The molecule has 0 saturated carbocycles. The van der Waals surface area contributed by atoms with Gasteiger partial charge in [-0.3, -0.25) is 9.59 Å². The molecule has 82 valence electrons. The summed E-state index contributed by atoms with van der Waals surface area (Å²) in [7, 11) is 5.02. The molecule has 0 radical (unpaired) electrons. The number of quaternary nitrogens is 1. The van der Waals surface area contributed by atoms with Gasteiger partial charge in [0.2, 0.25) is 0 Å². The Bertz CT molecular complexity index is 336. The first-order chi connectivity index (χ1) is 7.75. The third kappa shape index (κ3) is 7.54. The van der Waals surface area contributed by atoms with Crippen LogP contribution in [0.5, 0.6) is 0 Å². The molecule has 0 saturated heterocycles. The number of esters is 1. The minimum Gasteiger partial charge on any atom is -0.481 e. The first kappa shape index (κ1) is 7.23. The average Bonchev–Trinajstić information content (AvgIpc) is 1.94. The van der Waals surface area contributed by atoms with Crippen LogP contribution in [0.25, 0.3) is 0 Å². The summed E-state index contributed by atoms with van der Waals surface area (Å²) in [6, 6.07) is 0. The van der Waals surface area contributed by atoms with E-state index in [1.807, 2.05) is 0 Å². The van der Waals surface area contributed by atoms with E-state index in [1.54, 1.807) is 21.1 Å². The summed E-state index contributed by atoms with van der Waals surface area (Å²) in [6.07, 6.45) is -2.88. The van der Waals surface area contributed by atoms with Crippen LogP contribution in [-0.4, -0.2) is 55.3 Å². The van der Waals surface area contributed by atoms with Crippen LogP contribution in [0.15, 0.2) is 0 Å². The number of carbonyl (C=O) groups excluding carboxylic acids is 1. The SMILES string of the molecule is [2H]C([2H])([2H])C(=O)O[C@]([2H])(CC(=O)O)C[N+](C)(C)C. The quantitative estimate of drug-likeness (QED) is 0.514. The minimum atomic E-state index is -3.00. The number of nitrogens with zero attached hydrogens (tertiary/aromatic N) is 1. The third-order valence-corrected chi connectivity index (χ3v) is 1.24. The van der Waals surface area contributed by atoms with E-state index in [0.29, 0.717) is 0 Å². The van der Waals surface area contributed by atoms with Gasteiger partial charge >= 0.3 is 11.9 Å². The van der Waals surface area contributed by atoms with Crippen LogP contribution in [0.2, 0.25) is 0 Å². The first-order valence-electron chi connectivity index (χ1n) is 6.01. The van der Waals surface area contributed by atoms with Crippen molar-refractivity contribution in [3.63, 3.8) is 0 Å². The molecule has 0 amide bonds. The van der Waals surface area contributed by atoms with Crippen molar-refractivity contribution in [1.29, 1.82) is 0 Å². The van der Waals surface area contributed by atoms with Crippen LogP contribution in [0, 0.1) is 0 Å². The molecule has 0 bridgehead atoms. The number of rotatable bonds is 5. The van der Waals surface area contributed by atoms with Crippen LogP contribution < -0.4 is 0 Å². The van der Waals surface area contributed by atoms with E-state index >= 15 is 0 Å². The highest BCUT2D eigenvalue weighted by molar-refractivity contribution is 5.69. The van der Waals surface area contributed by atoms with Crippen molar-refractivity contribution in [2.45, 2.75) is 19.4 Å². The smallest absolute Gasteiger partial charge is 0.307 e. The summed E-state index contributed by atoms with van der Waals surface area (Å²) < 4.78 is 33.1. The largest absolute Gasteiger partial charge is 0.481 e. The monoisotopic (exact) mass is 208 g/mol. The molecule has 0 heterocycles. The van der Waals surface area contributed by atoms with E-state index in [-0.39, 0.29) is 11.0 Å². The number of hydrogen-bond acceptors (Lipinski definition) is 3. The van der Waals surface area contributed by atoms with Gasteiger partial charge in [-0.2, -0.15) is 0 Å². The second-order valence-electron chi connectivity index (χ2n) is 3.95. The van der Waals surface area contributed by atoms with Crippen LogP contribution in [0.3, 0.4) is 0 Å². The summed E-state index contributed by atoms with van der Waals surface area (Å²) in [6.45, 7) is -3.14. The molecule has 14 heavy (non-hydrogen) atoms. The molecule has 0 fully saturated rings. The minimum absolute atomic E-state index is 0.138. The lowest BCUT2D eigenvalue weighted by molar-refractivity contribution is -0.873. The maximum Gasteiger partial charge on any atom is 0.307 e. The number of ether oxygens (including phenoxy) is 1. The number of hydrogen-bond donors (Lipinski definition) is 1. The predicted molar refractivity (Wildman–Crippen MR) is 50.7 cm³/mol. The number of carboxylic acids is 1. The molecule has 0 unspecified atom stereocenters. The molecular formula is C9H18NO4+. The third-order valence-electron chi connectivity index (χ3n) is 1.24. The highest BCUT2D eigenvalue weighted by atomic mass is 16.5. The standard InChI is InChI=1S/C9H17NO4/c1-7(11)14-8(5-9(12)13)6-10(2,3)4/h8H,5-6H2,1-4H3/p+1/t8-/m1/s1/i1D3,8D. The Morgan fingerprint density at radius 3 is 2.50 bits per heavy atom. The Balaban J connectivity index is 5.00. The van der Waals surface area contributed by atoms with E-state index < -0.39 is 31.3 Å². The number of likely N-dealkylation sites (N-methyl/N-ethyl adjacent to an activating group) is 1. The van der Waals surface area contributed by atoms with Crippen LogP contribution in [0.1, 0.15) is 18.8 Å². The van der Waals surface area contributed by atoms with Crippen LogP contribution in [-0.2, 0) is 14.3 Å². The van der Waals surface area contributed by atoms with Gasteiger partial charge in [0.05, 0.1) is 28.9 Å². The molecule has 5 heteroatoms. The second kappa shape index (κ2) is 4.95. The van der Waals surface area contributed by atoms with Crippen LogP contribution >= 0.6 is 0 Å². The molecule has 0 aliphatic rings. The van der Waals surface area contributed by atoms with Gasteiger partial charge in [0.1, 0.15) is 6.54 Å². The van der Waals surface area contributed by atoms with Crippen molar-refractivity contribution in [1.82, 2.24) is 0 Å². The summed E-state index contributed by atoms with van der Waals surface area (Å²) in [5, 5.41) is 8.70. The van der Waals surface area contributed by atoms with E-state index in [9.17, 15) is 9.59 Å². The van der Waals surface area contributed by atoms with Crippen molar-refractivity contribution in [3.8, 4) is 0 Å². The molecule has 0 aliphatic carbocycles. The lowest BCUT2D eigenvalue weighted by Gasteiger charge is -2.28. The Morgan fingerprint density at radius 2 is 2.14 bits per heavy atom.